The quantitative estimate of drug-likeness (QED) is 0.452. The zero-order chi connectivity index (χ0) is 21.3. The molecule has 0 radical (unpaired) electrons. The lowest BCUT2D eigenvalue weighted by molar-refractivity contribution is -0.149. The summed E-state index contributed by atoms with van der Waals surface area (Å²) in [6.07, 6.45) is 0. The lowest BCUT2D eigenvalue weighted by atomic mass is 10.0. The minimum atomic E-state index is -0.685. The molecule has 0 saturated heterocycles. The molecule has 152 valence electrons. The van der Waals surface area contributed by atoms with E-state index in [4.69, 9.17) is 9.47 Å². The molecule has 0 aliphatic heterocycles. The predicted molar refractivity (Wildman–Crippen MR) is 113 cm³/mol. The van der Waals surface area contributed by atoms with Gasteiger partial charge in [-0.3, -0.25) is 9.59 Å². The Morgan fingerprint density at radius 3 is 2.33 bits per heavy atom. The van der Waals surface area contributed by atoms with E-state index in [1.54, 1.807) is 30.3 Å². The summed E-state index contributed by atoms with van der Waals surface area (Å²) < 4.78 is 10.3. The summed E-state index contributed by atoms with van der Waals surface area (Å²) in [5.41, 5.74) is 2.94. The van der Waals surface area contributed by atoms with Gasteiger partial charge < -0.3 is 14.8 Å². The zero-order valence-electron chi connectivity index (χ0n) is 16.5. The number of anilines is 1. The van der Waals surface area contributed by atoms with Crippen molar-refractivity contribution in [1.29, 1.82) is 0 Å². The monoisotopic (exact) mass is 403 g/mol. The Bertz CT molecular complexity index is 1050. The SMILES string of the molecule is CC(=O)c1cccc(OCC(=O)OCC(=O)Nc2ccccc2-c2ccccc2)c1. The molecule has 0 aromatic heterocycles. The van der Waals surface area contributed by atoms with Crippen LogP contribution in [0.5, 0.6) is 5.75 Å². The lowest BCUT2D eigenvalue weighted by Crippen LogP contribution is -2.23. The van der Waals surface area contributed by atoms with E-state index in [9.17, 15) is 14.4 Å². The topological polar surface area (TPSA) is 81.7 Å². The molecule has 0 bridgehead atoms. The normalized spacial score (nSPS) is 10.2. The highest BCUT2D eigenvalue weighted by Gasteiger charge is 2.12. The Kier molecular flexibility index (Phi) is 6.95. The minimum absolute atomic E-state index is 0.101. The third-order valence-electron chi connectivity index (χ3n) is 4.25. The molecule has 3 rings (SSSR count). The summed E-state index contributed by atoms with van der Waals surface area (Å²) in [5.74, 6) is -0.864. The molecule has 6 heteroatoms. The van der Waals surface area contributed by atoms with E-state index in [1.165, 1.54) is 6.92 Å². The summed E-state index contributed by atoms with van der Waals surface area (Å²) >= 11 is 0. The van der Waals surface area contributed by atoms with Crippen LogP contribution in [0.15, 0.2) is 78.9 Å². The molecule has 1 N–H and O–H groups in total. The van der Waals surface area contributed by atoms with Crippen LogP contribution < -0.4 is 10.1 Å². The second-order valence-corrected chi connectivity index (χ2v) is 6.49. The number of carbonyl (C=O) groups is 3. The summed E-state index contributed by atoms with van der Waals surface area (Å²) in [4.78, 5) is 35.5. The van der Waals surface area contributed by atoms with Gasteiger partial charge in [0.1, 0.15) is 5.75 Å². The number of esters is 1. The highest BCUT2D eigenvalue weighted by molar-refractivity contribution is 5.97. The number of nitrogens with one attached hydrogen (secondary N) is 1. The number of Topliss-reactive ketones (excluding diaryl/α,β-unsaturated/α-hetero) is 1. The predicted octanol–water partition coefficient (Wildman–Crippen LogP) is 4.12. The molecular weight excluding hydrogens is 382 g/mol. The van der Waals surface area contributed by atoms with Gasteiger partial charge in [-0.25, -0.2) is 4.79 Å². The summed E-state index contributed by atoms with van der Waals surface area (Å²) in [6.45, 7) is 0.649. The van der Waals surface area contributed by atoms with Crippen LogP contribution in [-0.4, -0.2) is 30.9 Å². The molecule has 3 aromatic carbocycles. The van der Waals surface area contributed by atoms with Gasteiger partial charge in [-0.1, -0.05) is 60.7 Å². The van der Waals surface area contributed by atoms with E-state index in [1.807, 2.05) is 48.5 Å². The Hall–Kier alpha value is -3.93. The molecule has 1 amide bonds. The maximum absolute atomic E-state index is 12.2. The molecule has 0 unspecified atom stereocenters. The van der Waals surface area contributed by atoms with Crippen molar-refractivity contribution in [2.45, 2.75) is 6.92 Å². The van der Waals surface area contributed by atoms with Crippen LogP contribution in [-0.2, 0) is 14.3 Å². The average Bonchev–Trinajstić information content (AvgIpc) is 2.77. The summed E-state index contributed by atoms with van der Waals surface area (Å²) in [7, 11) is 0. The van der Waals surface area contributed by atoms with Crippen molar-refractivity contribution >= 4 is 23.3 Å². The Morgan fingerprint density at radius 1 is 0.833 bits per heavy atom. The number of rotatable bonds is 8. The standard InChI is InChI=1S/C24H21NO5/c1-17(26)19-10-7-11-20(14-19)29-16-24(28)30-15-23(27)25-22-13-6-5-12-21(22)18-8-3-2-4-9-18/h2-14H,15-16H2,1H3,(H,25,27). The van der Waals surface area contributed by atoms with Crippen LogP contribution >= 0.6 is 0 Å². The van der Waals surface area contributed by atoms with Crippen molar-refractivity contribution < 1.29 is 23.9 Å². The highest BCUT2D eigenvalue weighted by Crippen LogP contribution is 2.27. The molecule has 0 aliphatic rings. The first-order chi connectivity index (χ1) is 14.5. The lowest BCUT2D eigenvalue weighted by Gasteiger charge is -2.12. The second kappa shape index (κ2) is 10.0. The first-order valence-electron chi connectivity index (χ1n) is 9.36. The molecule has 30 heavy (non-hydrogen) atoms. The highest BCUT2D eigenvalue weighted by atomic mass is 16.6. The molecule has 0 aliphatic carbocycles. The van der Waals surface area contributed by atoms with Crippen LogP contribution in [0.25, 0.3) is 11.1 Å². The molecule has 0 saturated carbocycles. The number of ether oxygens (including phenoxy) is 2. The third kappa shape index (κ3) is 5.78. The van der Waals surface area contributed by atoms with Gasteiger partial charge in [0.05, 0.1) is 0 Å². The van der Waals surface area contributed by atoms with Crippen molar-refractivity contribution in [1.82, 2.24) is 0 Å². The van der Waals surface area contributed by atoms with Crippen molar-refractivity contribution in [3.05, 3.63) is 84.4 Å². The fraction of sp³-hybridized carbons (Fsp3) is 0.125. The van der Waals surface area contributed by atoms with Crippen LogP contribution in [0, 0.1) is 0 Å². The number of hydrogen-bond donors (Lipinski definition) is 1. The molecular formula is C24H21NO5. The Balaban J connectivity index is 1.51. The van der Waals surface area contributed by atoms with E-state index in [0.29, 0.717) is 17.0 Å². The maximum Gasteiger partial charge on any atom is 0.344 e. The van der Waals surface area contributed by atoms with Gasteiger partial charge in [-0.05, 0) is 30.7 Å². The smallest absolute Gasteiger partial charge is 0.344 e. The molecule has 0 heterocycles. The number of carbonyl (C=O) groups excluding carboxylic acids is 3. The van der Waals surface area contributed by atoms with E-state index >= 15 is 0 Å². The summed E-state index contributed by atoms with van der Waals surface area (Å²) in [5, 5.41) is 2.76. The first-order valence-corrected chi connectivity index (χ1v) is 9.36. The van der Waals surface area contributed by atoms with Gasteiger partial charge in [-0.2, -0.15) is 0 Å². The van der Waals surface area contributed by atoms with E-state index in [-0.39, 0.29) is 12.4 Å². The number of para-hydroxylation sites is 1. The van der Waals surface area contributed by atoms with Gasteiger partial charge in [0.25, 0.3) is 5.91 Å². The van der Waals surface area contributed by atoms with Crippen molar-refractivity contribution in [3.63, 3.8) is 0 Å². The van der Waals surface area contributed by atoms with Gasteiger partial charge in [0.15, 0.2) is 19.0 Å². The first kappa shape index (κ1) is 20.8. The molecule has 3 aromatic rings. The van der Waals surface area contributed by atoms with Crippen LogP contribution in [0.3, 0.4) is 0 Å². The van der Waals surface area contributed by atoms with E-state index in [0.717, 1.165) is 11.1 Å². The third-order valence-corrected chi connectivity index (χ3v) is 4.25. The Labute approximate surface area is 174 Å². The van der Waals surface area contributed by atoms with Gasteiger partial charge in [-0.15, -0.1) is 0 Å². The Morgan fingerprint density at radius 2 is 1.57 bits per heavy atom. The van der Waals surface area contributed by atoms with E-state index in [2.05, 4.69) is 5.32 Å². The van der Waals surface area contributed by atoms with Gasteiger partial charge in [0, 0.05) is 16.8 Å². The number of amides is 1. The van der Waals surface area contributed by atoms with Gasteiger partial charge >= 0.3 is 5.97 Å². The number of benzene rings is 3. The summed E-state index contributed by atoms with van der Waals surface area (Å²) in [6, 6.07) is 23.5. The fourth-order valence-electron chi connectivity index (χ4n) is 2.78. The molecule has 6 nitrogen and oxygen atoms in total. The van der Waals surface area contributed by atoms with Crippen molar-refractivity contribution in [3.8, 4) is 16.9 Å². The largest absolute Gasteiger partial charge is 0.482 e. The van der Waals surface area contributed by atoms with E-state index < -0.39 is 18.5 Å². The van der Waals surface area contributed by atoms with Crippen LogP contribution in [0.1, 0.15) is 17.3 Å². The van der Waals surface area contributed by atoms with Crippen molar-refractivity contribution in [2.24, 2.45) is 0 Å². The molecule has 0 atom stereocenters. The minimum Gasteiger partial charge on any atom is -0.482 e. The van der Waals surface area contributed by atoms with Crippen molar-refractivity contribution in [2.75, 3.05) is 18.5 Å². The van der Waals surface area contributed by atoms with Crippen LogP contribution in [0.2, 0.25) is 0 Å². The zero-order valence-corrected chi connectivity index (χ0v) is 16.5. The molecule has 0 spiro atoms. The number of hydrogen-bond acceptors (Lipinski definition) is 5. The van der Waals surface area contributed by atoms with Gasteiger partial charge in [0.2, 0.25) is 0 Å². The average molecular weight is 403 g/mol. The second-order valence-electron chi connectivity index (χ2n) is 6.49. The number of ketones is 1. The molecule has 0 fully saturated rings. The fourth-order valence-corrected chi connectivity index (χ4v) is 2.78. The van der Waals surface area contributed by atoms with Crippen LogP contribution in [0.4, 0.5) is 5.69 Å². The maximum atomic E-state index is 12.2.